The highest BCUT2D eigenvalue weighted by Gasteiger charge is 2.12. The Kier molecular flexibility index (Phi) is 3.52. The summed E-state index contributed by atoms with van der Waals surface area (Å²) >= 11 is 3.36. The zero-order chi connectivity index (χ0) is 10.7. The van der Waals surface area contributed by atoms with E-state index in [-0.39, 0.29) is 6.42 Å². The molecule has 1 aromatic carbocycles. The van der Waals surface area contributed by atoms with Gasteiger partial charge in [-0.3, -0.25) is 4.79 Å². The van der Waals surface area contributed by atoms with Gasteiger partial charge in [-0.15, -0.1) is 0 Å². The van der Waals surface area contributed by atoms with Gasteiger partial charge in [-0.2, -0.15) is 0 Å². The topological polar surface area (TPSA) is 46.5 Å². The van der Waals surface area contributed by atoms with Gasteiger partial charge in [0.1, 0.15) is 5.75 Å². The Morgan fingerprint density at radius 3 is 2.71 bits per heavy atom. The van der Waals surface area contributed by atoms with Crippen molar-refractivity contribution in [3.63, 3.8) is 0 Å². The molecule has 14 heavy (non-hydrogen) atoms. The lowest BCUT2D eigenvalue weighted by Gasteiger charge is -2.10. The molecule has 0 heterocycles. The van der Waals surface area contributed by atoms with Gasteiger partial charge in [0.2, 0.25) is 0 Å². The fraction of sp³-hybridized carbons (Fsp3) is 0.300. The second-order valence-electron chi connectivity index (χ2n) is 2.95. The van der Waals surface area contributed by atoms with Crippen LogP contribution in [0.4, 0.5) is 0 Å². The third-order valence-electron chi connectivity index (χ3n) is 1.94. The van der Waals surface area contributed by atoms with Crippen LogP contribution in [-0.4, -0.2) is 18.2 Å². The number of carboxylic acids is 1. The summed E-state index contributed by atoms with van der Waals surface area (Å²) in [7, 11) is 1.53. The highest BCUT2D eigenvalue weighted by molar-refractivity contribution is 9.10. The van der Waals surface area contributed by atoms with E-state index in [2.05, 4.69) is 15.9 Å². The molecule has 0 aliphatic carbocycles. The first kappa shape index (κ1) is 11.0. The maximum Gasteiger partial charge on any atom is 0.308 e. The third kappa shape index (κ3) is 2.26. The van der Waals surface area contributed by atoms with Gasteiger partial charge in [0.05, 0.1) is 13.5 Å². The molecule has 1 aromatic rings. The minimum atomic E-state index is -0.866. The number of aryl methyl sites for hydroxylation is 1. The SMILES string of the molecule is COc1ccc(C)c(Br)c1CC(=O)O. The second kappa shape index (κ2) is 4.46. The summed E-state index contributed by atoms with van der Waals surface area (Å²) in [6.07, 6.45) is -0.0363. The van der Waals surface area contributed by atoms with E-state index >= 15 is 0 Å². The van der Waals surface area contributed by atoms with Crippen molar-refractivity contribution in [2.45, 2.75) is 13.3 Å². The largest absolute Gasteiger partial charge is 0.496 e. The normalized spacial score (nSPS) is 9.93. The second-order valence-corrected chi connectivity index (χ2v) is 3.74. The van der Waals surface area contributed by atoms with E-state index in [0.29, 0.717) is 11.3 Å². The fourth-order valence-corrected chi connectivity index (χ4v) is 1.70. The number of hydrogen-bond donors (Lipinski definition) is 1. The number of carboxylic acid groups (broad SMARTS) is 1. The molecule has 0 aliphatic heterocycles. The molecule has 0 aliphatic rings. The zero-order valence-electron chi connectivity index (χ0n) is 8.00. The summed E-state index contributed by atoms with van der Waals surface area (Å²) < 4.78 is 5.89. The fourth-order valence-electron chi connectivity index (χ4n) is 1.23. The number of carbonyl (C=O) groups is 1. The number of halogens is 1. The van der Waals surface area contributed by atoms with E-state index in [1.54, 1.807) is 6.07 Å². The molecule has 0 amide bonds. The van der Waals surface area contributed by atoms with Gasteiger partial charge in [0, 0.05) is 10.0 Å². The molecular formula is C10H11BrO3. The Morgan fingerprint density at radius 2 is 2.21 bits per heavy atom. The molecule has 0 saturated carbocycles. The van der Waals surface area contributed by atoms with Gasteiger partial charge in [-0.1, -0.05) is 22.0 Å². The lowest BCUT2D eigenvalue weighted by molar-refractivity contribution is -0.136. The molecule has 0 bridgehead atoms. The number of aliphatic carboxylic acids is 1. The quantitative estimate of drug-likeness (QED) is 0.906. The molecule has 0 fully saturated rings. The van der Waals surface area contributed by atoms with Crippen LogP contribution in [0.15, 0.2) is 16.6 Å². The van der Waals surface area contributed by atoms with Crippen molar-refractivity contribution in [1.82, 2.24) is 0 Å². The Balaban J connectivity index is 3.20. The van der Waals surface area contributed by atoms with Crippen molar-refractivity contribution in [3.05, 3.63) is 27.7 Å². The highest BCUT2D eigenvalue weighted by atomic mass is 79.9. The van der Waals surface area contributed by atoms with Crippen molar-refractivity contribution in [3.8, 4) is 5.75 Å². The highest BCUT2D eigenvalue weighted by Crippen LogP contribution is 2.30. The van der Waals surface area contributed by atoms with Gasteiger partial charge >= 0.3 is 5.97 Å². The van der Waals surface area contributed by atoms with Gasteiger partial charge in [0.15, 0.2) is 0 Å². The Bertz CT molecular complexity index is 361. The number of benzene rings is 1. The maximum absolute atomic E-state index is 10.6. The summed E-state index contributed by atoms with van der Waals surface area (Å²) in [5.41, 5.74) is 1.68. The molecule has 0 radical (unpaired) electrons. The molecular weight excluding hydrogens is 248 g/mol. The maximum atomic E-state index is 10.6. The van der Waals surface area contributed by atoms with Crippen LogP contribution in [-0.2, 0) is 11.2 Å². The molecule has 0 atom stereocenters. The molecule has 0 spiro atoms. The van der Waals surface area contributed by atoms with E-state index in [1.165, 1.54) is 7.11 Å². The molecule has 1 rings (SSSR count). The summed E-state index contributed by atoms with van der Waals surface area (Å²) in [6, 6.07) is 3.66. The smallest absolute Gasteiger partial charge is 0.308 e. The standard InChI is InChI=1S/C10H11BrO3/c1-6-3-4-8(14-2)7(10(6)11)5-9(12)13/h3-4H,5H2,1-2H3,(H,12,13). The van der Waals surface area contributed by atoms with E-state index in [0.717, 1.165) is 10.0 Å². The molecule has 4 heteroatoms. The van der Waals surface area contributed by atoms with Gasteiger partial charge in [-0.25, -0.2) is 0 Å². The lowest BCUT2D eigenvalue weighted by Crippen LogP contribution is -2.04. The van der Waals surface area contributed by atoms with Crippen molar-refractivity contribution >= 4 is 21.9 Å². The van der Waals surface area contributed by atoms with Crippen LogP contribution >= 0.6 is 15.9 Å². The minimum absolute atomic E-state index is 0.0363. The number of rotatable bonds is 3. The average molecular weight is 259 g/mol. The molecule has 1 N–H and O–H groups in total. The molecule has 76 valence electrons. The van der Waals surface area contributed by atoms with Crippen molar-refractivity contribution in [1.29, 1.82) is 0 Å². The number of methoxy groups -OCH3 is 1. The molecule has 0 aromatic heterocycles. The van der Waals surface area contributed by atoms with Crippen LogP contribution in [0.3, 0.4) is 0 Å². The summed E-state index contributed by atoms with van der Waals surface area (Å²) in [6.45, 7) is 1.91. The molecule has 0 saturated heterocycles. The van der Waals surface area contributed by atoms with E-state index < -0.39 is 5.97 Å². The third-order valence-corrected chi connectivity index (χ3v) is 3.05. The van der Waals surface area contributed by atoms with Gasteiger partial charge in [0.25, 0.3) is 0 Å². The summed E-state index contributed by atoms with van der Waals surface area (Å²) in [4.78, 5) is 10.6. The van der Waals surface area contributed by atoms with Gasteiger partial charge in [-0.05, 0) is 18.6 Å². The minimum Gasteiger partial charge on any atom is -0.496 e. The van der Waals surface area contributed by atoms with Crippen LogP contribution in [0, 0.1) is 6.92 Å². The van der Waals surface area contributed by atoms with Gasteiger partial charge < -0.3 is 9.84 Å². The summed E-state index contributed by atoms with van der Waals surface area (Å²) in [5.74, 6) is -0.264. The Labute approximate surface area is 90.8 Å². The van der Waals surface area contributed by atoms with E-state index in [9.17, 15) is 4.79 Å². The Hall–Kier alpha value is -1.03. The lowest BCUT2D eigenvalue weighted by atomic mass is 10.1. The summed E-state index contributed by atoms with van der Waals surface area (Å²) in [5, 5.41) is 8.73. The monoisotopic (exact) mass is 258 g/mol. The predicted molar refractivity (Wildman–Crippen MR) is 56.8 cm³/mol. The first-order valence-corrected chi connectivity index (χ1v) is 4.89. The average Bonchev–Trinajstić information content (AvgIpc) is 2.13. The van der Waals surface area contributed by atoms with Crippen LogP contribution in [0.25, 0.3) is 0 Å². The van der Waals surface area contributed by atoms with Crippen LogP contribution in [0.2, 0.25) is 0 Å². The van der Waals surface area contributed by atoms with E-state index in [4.69, 9.17) is 9.84 Å². The van der Waals surface area contributed by atoms with E-state index in [1.807, 2.05) is 13.0 Å². The zero-order valence-corrected chi connectivity index (χ0v) is 9.59. The Morgan fingerprint density at radius 1 is 1.57 bits per heavy atom. The van der Waals surface area contributed by atoms with Crippen molar-refractivity contribution in [2.75, 3.05) is 7.11 Å². The molecule has 0 unspecified atom stereocenters. The predicted octanol–water partition coefficient (Wildman–Crippen LogP) is 2.39. The molecule has 3 nitrogen and oxygen atoms in total. The first-order valence-electron chi connectivity index (χ1n) is 4.10. The number of ether oxygens (including phenoxy) is 1. The van der Waals surface area contributed by atoms with Crippen molar-refractivity contribution < 1.29 is 14.6 Å². The van der Waals surface area contributed by atoms with Crippen LogP contribution in [0.1, 0.15) is 11.1 Å². The number of hydrogen-bond acceptors (Lipinski definition) is 2. The first-order chi connectivity index (χ1) is 6.56. The van der Waals surface area contributed by atoms with Crippen LogP contribution in [0.5, 0.6) is 5.75 Å². The van der Waals surface area contributed by atoms with Crippen LogP contribution < -0.4 is 4.74 Å². The van der Waals surface area contributed by atoms with Crippen molar-refractivity contribution in [2.24, 2.45) is 0 Å².